The summed E-state index contributed by atoms with van der Waals surface area (Å²) in [5, 5.41) is 14.1. The van der Waals surface area contributed by atoms with Crippen LogP contribution in [0.2, 0.25) is 0 Å². The molecule has 0 radical (unpaired) electrons. The van der Waals surface area contributed by atoms with Crippen LogP contribution in [0.5, 0.6) is 11.5 Å². The van der Waals surface area contributed by atoms with Gasteiger partial charge in [0.2, 0.25) is 0 Å². The first kappa shape index (κ1) is 24.6. The van der Waals surface area contributed by atoms with Gasteiger partial charge in [-0.15, -0.1) is 0 Å². The second kappa shape index (κ2) is 10.1. The van der Waals surface area contributed by atoms with Crippen LogP contribution in [0.15, 0.2) is 36.4 Å². The Morgan fingerprint density at radius 1 is 1.12 bits per heavy atom. The number of amides is 1. The van der Waals surface area contributed by atoms with Crippen molar-refractivity contribution in [1.82, 2.24) is 0 Å². The minimum absolute atomic E-state index is 0.0290. The molecule has 0 spiro atoms. The number of carbonyl (C=O) groups excluding carboxylic acids is 2. The number of anilines is 1. The number of rotatable bonds is 8. The number of nitro benzene ring substituents is 1. The molecular formula is C23H28N2O7. The molecule has 0 heterocycles. The van der Waals surface area contributed by atoms with Crippen LogP contribution in [0, 0.1) is 10.1 Å². The van der Waals surface area contributed by atoms with E-state index in [1.54, 1.807) is 19.1 Å². The van der Waals surface area contributed by atoms with Crippen molar-refractivity contribution in [3.8, 4) is 11.5 Å². The van der Waals surface area contributed by atoms with Crippen LogP contribution in [0.1, 0.15) is 50.5 Å². The second-order valence-electron chi connectivity index (χ2n) is 8.07. The predicted octanol–water partition coefficient (Wildman–Crippen LogP) is 4.48. The summed E-state index contributed by atoms with van der Waals surface area (Å²) in [5.74, 6) is -1.32. The molecule has 0 aliphatic heterocycles. The maximum atomic E-state index is 12.6. The van der Waals surface area contributed by atoms with Gasteiger partial charge in [-0.2, -0.15) is 0 Å². The number of methoxy groups -OCH3 is 1. The highest BCUT2D eigenvalue weighted by atomic mass is 16.6. The van der Waals surface area contributed by atoms with Crippen molar-refractivity contribution in [2.75, 3.05) is 19.0 Å². The molecule has 2 rings (SSSR count). The third-order valence-corrected chi connectivity index (χ3v) is 4.67. The number of hydrogen-bond acceptors (Lipinski definition) is 7. The summed E-state index contributed by atoms with van der Waals surface area (Å²) in [6.07, 6.45) is -1.19. The molecule has 1 atom stereocenters. The Balaban J connectivity index is 2.18. The van der Waals surface area contributed by atoms with Crippen molar-refractivity contribution in [1.29, 1.82) is 0 Å². The molecule has 32 heavy (non-hydrogen) atoms. The molecule has 0 aliphatic rings. The first-order valence-electron chi connectivity index (χ1n) is 10.1. The highest BCUT2D eigenvalue weighted by Crippen LogP contribution is 2.35. The molecule has 0 aliphatic carbocycles. The van der Waals surface area contributed by atoms with E-state index in [4.69, 9.17) is 14.2 Å². The number of nitro groups is 1. The van der Waals surface area contributed by atoms with Gasteiger partial charge in [0, 0.05) is 11.8 Å². The standard InChI is InChI=1S/C23H28N2O7/c1-7-31-20-12-17(18(25(28)29)13-19(20)30-6)22(27)32-14(2)21(26)24-16-10-8-15(9-11-16)23(3,4)5/h8-14H,7H2,1-6H3,(H,24,26). The third-order valence-electron chi connectivity index (χ3n) is 4.67. The molecule has 9 heteroatoms. The van der Waals surface area contributed by atoms with Gasteiger partial charge in [0.05, 0.1) is 24.7 Å². The van der Waals surface area contributed by atoms with Crippen LogP contribution < -0.4 is 14.8 Å². The maximum absolute atomic E-state index is 12.6. The minimum atomic E-state index is -1.19. The monoisotopic (exact) mass is 444 g/mol. The Labute approximate surface area is 186 Å². The lowest BCUT2D eigenvalue weighted by molar-refractivity contribution is -0.385. The quantitative estimate of drug-likeness (QED) is 0.362. The van der Waals surface area contributed by atoms with Gasteiger partial charge in [-0.05, 0) is 37.0 Å². The summed E-state index contributed by atoms with van der Waals surface area (Å²) in [7, 11) is 1.33. The van der Waals surface area contributed by atoms with Gasteiger partial charge >= 0.3 is 5.97 Å². The van der Waals surface area contributed by atoms with E-state index < -0.39 is 28.6 Å². The smallest absolute Gasteiger partial charge is 0.346 e. The summed E-state index contributed by atoms with van der Waals surface area (Å²) in [5.41, 5.74) is 0.764. The van der Waals surface area contributed by atoms with E-state index in [0.717, 1.165) is 11.6 Å². The Kier molecular flexibility index (Phi) is 7.80. The van der Waals surface area contributed by atoms with Crippen molar-refractivity contribution < 1.29 is 28.7 Å². The van der Waals surface area contributed by atoms with Crippen LogP contribution in [-0.4, -0.2) is 36.6 Å². The lowest BCUT2D eigenvalue weighted by atomic mass is 9.87. The number of esters is 1. The van der Waals surface area contributed by atoms with Gasteiger partial charge in [0.15, 0.2) is 17.6 Å². The van der Waals surface area contributed by atoms with Gasteiger partial charge < -0.3 is 19.5 Å². The molecule has 0 bridgehead atoms. The van der Waals surface area contributed by atoms with Gasteiger partial charge in [-0.3, -0.25) is 14.9 Å². The van der Waals surface area contributed by atoms with E-state index >= 15 is 0 Å². The Hall–Kier alpha value is -3.62. The molecule has 9 nitrogen and oxygen atoms in total. The summed E-state index contributed by atoms with van der Waals surface area (Å²) in [4.78, 5) is 35.8. The lowest BCUT2D eigenvalue weighted by Gasteiger charge is -2.19. The largest absolute Gasteiger partial charge is 0.493 e. The van der Waals surface area contributed by atoms with Crippen molar-refractivity contribution in [2.24, 2.45) is 0 Å². The zero-order valence-electron chi connectivity index (χ0n) is 19.1. The first-order valence-corrected chi connectivity index (χ1v) is 10.1. The van der Waals surface area contributed by atoms with E-state index in [1.165, 1.54) is 20.1 Å². The van der Waals surface area contributed by atoms with Crippen LogP contribution >= 0.6 is 0 Å². The van der Waals surface area contributed by atoms with Crippen LogP contribution in [0.3, 0.4) is 0 Å². The van der Waals surface area contributed by atoms with Gasteiger partial charge in [0.1, 0.15) is 5.56 Å². The van der Waals surface area contributed by atoms with E-state index in [9.17, 15) is 19.7 Å². The molecule has 2 aromatic rings. The number of benzene rings is 2. The Bertz CT molecular complexity index is 995. The molecular weight excluding hydrogens is 416 g/mol. The van der Waals surface area contributed by atoms with Crippen molar-refractivity contribution >= 4 is 23.3 Å². The van der Waals surface area contributed by atoms with Crippen LogP contribution in [0.25, 0.3) is 0 Å². The Morgan fingerprint density at radius 2 is 1.75 bits per heavy atom. The third kappa shape index (κ3) is 5.96. The van der Waals surface area contributed by atoms with Gasteiger partial charge in [0.25, 0.3) is 11.6 Å². The molecule has 0 fully saturated rings. The SMILES string of the molecule is CCOc1cc(C(=O)OC(C)C(=O)Nc2ccc(C(C)(C)C)cc2)c([N+](=O)[O-])cc1OC. The zero-order valence-corrected chi connectivity index (χ0v) is 19.1. The fourth-order valence-corrected chi connectivity index (χ4v) is 2.87. The average molecular weight is 444 g/mol. The highest BCUT2D eigenvalue weighted by Gasteiger charge is 2.28. The van der Waals surface area contributed by atoms with Crippen LogP contribution in [0.4, 0.5) is 11.4 Å². The Morgan fingerprint density at radius 3 is 2.25 bits per heavy atom. The van der Waals surface area contributed by atoms with Gasteiger partial charge in [-0.1, -0.05) is 32.9 Å². The molecule has 172 valence electrons. The number of nitrogens with zero attached hydrogens (tertiary/aromatic N) is 1. The van der Waals surface area contributed by atoms with E-state index in [1.807, 2.05) is 12.1 Å². The minimum Gasteiger partial charge on any atom is -0.493 e. The van der Waals surface area contributed by atoms with Gasteiger partial charge in [-0.25, -0.2) is 4.79 Å². The number of hydrogen-bond donors (Lipinski definition) is 1. The molecule has 1 unspecified atom stereocenters. The topological polar surface area (TPSA) is 117 Å². The van der Waals surface area contributed by atoms with Crippen molar-refractivity contribution in [3.63, 3.8) is 0 Å². The molecule has 1 N–H and O–H groups in total. The summed E-state index contributed by atoms with van der Waals surface area (Å²) in [6, 6.07) is 9.59. The number of ether oxygens (including phenoxy) is 3. The lowest BCUT2D eigenvalue weighted by Crippen LogP contribution is -2.30. The number of nitrogens with one attached hydrogen (secondary N) is 1. The first-order chi connectivity index (χ1) is 15.0. The fraction of sp³-hybridized carbons (Fsp3) is 0.391. The van der Waals surface area contributed by atoms with E-state index in [2.05, 4.69) is 26.1 Å². The maximum Gasteiger partial charge on any atom is 0.346 e. The van der Waals surface area contributed by atoms with Crippen molar-refractivity contribution in [3.05, 3.63) is 57.6 Å². The normalized spacial score (nSPS) is 11.9. The molecule has 0 saturated heterocycles. The summed E-state index contributed by atoms with van der Waals surface area (Å²) in [6.45, 7) is 9.61. The molecule has 1 amide bonds. The molecule has 0 aromatic heterocycles. The average Bonchev–Trinajstić information content (AvgIpc) is 2.73. The molecule has 2 aromatic carbocycles. The summed E-state index contributed by atoms with van der Waals surface area (Å²) < 4.78 is 15.7. The highest BCUT2D eigenvalue weighted by molar-refractivity contribution is 5.99. The number of carbonyl (C=O) groups is 2. The summed E-state index contributed by atoms with van der Waals surface area (Å²) >= 11 is 0. The molecule has 0 saturated carbocycles. The second-order valence-corrected chi connectivity index (χ2v) is 8.07. The fourth-order valence-electron chi connectivity index (χ4n) is 2.87. The van der Waals surface area contributed by atoms with Crippen LogP contribution in [-0.2, 0) is 14.9 Å². The van der Waals surface area contributed by atoms with E-state index in [0.29, 0.717) is 5.69 Å². The van der Waals surface area contributed by atoms with Crippen molar-refractivity contribution in [2.45, 2.75) is 46.1 Å². The predicted molar refractivity (Wildman–Crippen MR) is 119 cm³/mol. The zero-order chi connectivity index (χ0) is 24.1. The van der Waals surface area contributed by atoms with E-state index in [-0.39, 0.29) is 29.1 Å².